The van der Waals surface area contributed by atoms with Crippen molar-refractivity contribution < 1.29 is 4.79 Å². The summed E-state index contributed by atoms with van der Waals surface area (Å²) in [5.74, 6) is -0.229. The summed E-state index contributed by atoms with van der Waals surface area (Å²) < 4.78 is 5.01. The molecule has 0 saturated carbocycles. The van der Waals surface area contributed by atoms with Crippen molar-refractivity contribution in [3.63, 3.8) is 0 Å². The predicted molar refractivity (Wildman–Crippen MR) is 104 cm³/mol. The average Bonchev–Trinajstić information content (AvgIpc) is 3.12. The van der Waals surface area contributed by atoms with E-state index in [0.29, 0.717) is 17.9 Å². The molecule has 0 saturated heterocycles. The number of aryl methyl sites for hydroxylation is 1. The number of anilines is 1. The number of aromatic nitrogens is 4. The van der Waals surface area contributed by atoms with Gasteiger partial charge < -0.3 is 5.32 Å². The second-order valence-corrected chi connectivity index (χ2v) is 6.68. The van der Waals surface area contributed by atoms with Crippen LogP contribution < -0.4 is 10.9 Å². The first-order valence-corrected chi connectivity index (χ1v) is 8.66. The number of nitrogens with one attached hydrogen (secondary N) is 1. The minimum atomic E-state index is -0.246. The molecule has 142 valence electrons. The molecule has 0 unspecified atom stereocenters. The number of para-hydroxylation sites is 1. The van der Waals surface area contributed by atoms with Crippen molar-refractivity contribution in [1.82, 2.24) is 24.0 Å². The van der Waals surface area contributed by atoms with Crippen LogP contribution in [0.1, 0.15) is 11.3 Å². The molecular formula is C19H24N6O2. The molecule has 27 heavy (non-hydrogen) atoms. The molecule has 0 spiro atoms. The van der Waals surface area contributed by atoms with Crippen LogP contribution in [0.2, 0.25) is 0 Å². The van der Waals surface area contributed by atoms with Crippen molar-refractivity contribution >= 4 is 11.6 Å². The Hall–Kier alpha value is -3.13. The largest absolute Gasteiger partial charge is 0.319 e. The summed E-state index contributed by atoms with van der Waals surface area (Å²) in [5, 5.41) is 6.90. The fourth-order valence-corrected chi connectivity index (χ4v) is 3.06. The standard InChI is InChI=1S/C19H24N6O2/c1-14-18(19(27)25(24(14)4)16-8-6-5-7-9-16)21-17(26)13-22(2)11-15-10-20-23(3)12-15/h5-10,12H,11,13H2,1-4H3,(H,21,26). The van der Waals surface area contributed by atoms with E-state index in [1.54, 1.807) is 27.3 Å². The maximum absolute atomic E-state index is 12.8. The predicted octanol–water partition coefficient (Wildman–Crippen LogP) is 1.29. The molecule has 8 nitrogen and oxygen atoms in total. The first-order chi connectivity index (χ1) is 12.9. The second-order valence-electron chi connectivity index (χ2n) is 6.68. The zero-order valence-electron chi connectivity index (χ0n) is 16.0. The topological polar surface area (TPSA) is 77.1 Å². The van der Waals surface area contributed by atoms with Gasteiger partial charge in [0.2, 0.25) is 5.91 Å². The fraction of sp³-hybridized carbons (Fsp3) is 0.316. The number of hydrogen-bond donors (Lipinski definition) is 1. The number of carbonyl (C=O) groups is 1. The van der Waals surface area contributed by atoms with Gasteiger partial charge in [-0.05, 0) is 26.1 Å². The first kappa shape index (κ1) is 18.7. The maximum Gasteiger partial charge on any atom is 0.295 e. The third-order valence-corrected chi connectivity index (χ3v) is 4.44. The highest BCUT2D eigenvalue weighted by molar-refractivity contribution is 5.92. The Morgan fingerprint density at radius 1 is 1.22 bits per heavy atom. The van der Waals surface area contributed by atoms with Crippen LogP contribution >= 0.6 is 0 Å². The van der Waals surface area contributed by atoms with Crippen LogP contribution in [-0.4, -0.2) is 43.5 Å². The van der Waals surface area contributed by atoms with Gasteiger partial charge in [-0.1, -0.05) is 18.2 Å². The van der Waals surface area contributed by atoms with Gasteiger partial charge in [-0.25, -0.2) is 4.68 Å². The van der Waals surface area contributed by atoms with Crippen LogP contribution in [0.4, 0.5) is 5.69 Å². The molecule has 0 bridgehead atoms. The van der Waals surface area contributed by atoms with Crippen LogP contribution in [0.5, 0.6) is 0 Å². The lowest BCUT2D eigenvalue weighted by Gasteiger charge is -2.14. The Labute approximate surface area is 157 Å². The minimum Gasteiger partial charge on any atom is -0.319 e. The number of benzene rings is 1. The van der Waals surface area contributed by atoms with Crippen molar-refractivity contribution in [1.29, 1.82) is 0 Å². The summed E-state index contributed by atoms with van der Waals surface area (Å²) in [5.41, 5.74) is 2.54. The lowest BCUT2D eigenvalue weighted by atomic mass is 10.3. The van der Waals surface area contributed by atoms with Gasteiger partial charge in [0.1, 0.15) is 5.69 Å². The molecule has 0 atom stereocenters. The molecule has 1 aromatic carbocycles. The van der Waals surface area contributed by atoms with Crippen molar-refractivity contribution in [3.8, 4) is 5.69 Å². The highest BCUT2D eigenvalue weighted by Gasteiger charge is 2.18. The molecule has 3 rings (SSSR count). The van der Waals surface area contributed by atoms with Gasteiger partial charge in [-0.2, -0.15) is 5.10 Å². The highest BCUT2D eigenvalue weighted by atomic mass is 16.2. The summed E-state index contributed by atoms with van der Waals surface area (Å²) in [6.45, 7) is 2.59. The third kappa shape index (κ3) is 4.01. The highest BCUT2D eigenvalue weighted by Crippen LogP contribution is 2.14. The van der Waals surface area contributed by atoms with Gasteiger partial charge in [-0.15, -0.1) is 0 Å². The molecule has 2 heterocycles. The van der Waals surface area contributed by atoms with Gasteiger partial charge in [-0.3, -0.25) is 23.9 Å². The van der Waals surface area contributed by atoms with E-state index in [0.717, 1.165) is 11.3 Å². The fourth-order valence-electron chi connectivity index (χ4n) is 3.06. The van der Waals surface area contributed by atoms with Crippen LogP contribution in [-0.2, 0) is 25.4 Å². The molecule has 1 amide bonds. The molecular weight excluding hydrogens is 344 g/mol. The number of hydrogen-bond acceptors (Lipinski definition) is 4. The van der Waals surface area contributed by atoms with Crippen molar-refractivity contribution in [2.45, 2.75) is 13.5 Å². The Bertz CT molecular complexity index is 999. The van der Waals surface area contributed by atoms with E-state index in [9.17, 15) is 9.59 Å². The van der Waals surface area contributed by atoms with E-state index in [1.165, 1.54) is 0 Å². The smallest absolute Gasteiger partial charge is 0.295 e. The summed E-state index contributed by atoms with van der Waals surface area (Å²) >= 11 is 0. The zero-order chi connectivity index (χ0) is 19.6. The SMILES string of the molecule is Cc1c(NC(=O)CN(C)Cc2cnn(C)c2)c(=O)n(-c2ccccc2)n1C. The lowest BCUT2D eigenvalue weighted by molar-refractivity contribution is -0.117. The Kier molecular flexibility index (Phi) is 5.27. The molecule has 8 heteroatoms. The lowest BCUT2D eigenvalue weighted by Crippen LogP contribution is -2.31. The van der Waals surface area contributed by atoms with E-state index < -0.39 is 0 Å². The molecule has 0 aliphatic heterocycles. The van der Waals surface area contributed by atoms with Gasteiger partial charge in [0.05, 0.1) is 24.1 Å². The maximum atomic E-state index is 12.8. The van der Waals surface area contributed by atoms with Gasteiger partial charge in [0.25, 0.3) is 5.56 Å². The quantitative estimate of drug-likeness (QED) is 0.711. The van der Waals surface area contributed by atoms with Gasteiger partial charge in [0.15, 0.2) is 0 Å². The van der Waals surface area contributed by atoms with Crippen LogP contribution in [0, 0.1) is 6.92 Å². The molecule has 0 radical (unpaired) electrons. The molecule has 2 aromatic heterocycles. The van der Waals surface area contributed by atoms with E-state index in [1.807, 2.05) is 62.4 Å². The van der Waals surface area contributed by atoms with Crippen molar-refractivity contribution in [2.75, 3.05) is 18.9 Å². The molecule has 0 aliphatic carbocycles. The molecule has 0 aliphatic rings. The minimum absolute atomic E-state index is 0.175. The first-order valence-electron chi connectivity index (χ1n) is 8.66. The molecule has 1 N–H and O–H groups in total. The Morgan fingerprint density at radius 3 is 2.56 bits per heavy atom. The number of likely N-dealkylation sites (N-methyl/N-ethyl adjacent to an activating group) is 1. The van der Waals surface area contributed by atoms with Crippen LogP contribution in [0.3, 0.4) is 0 Å². The van der Waals surface area contributed by atoms with Gasteiger partial charge in [0, 0.05) is 32.4 Å². The summed E-state index contributed by atoms with van der Waals surface area (Å²) in [4.78, 5) is 27.2. The average molecular weight is 368 g/mol. The van der Waals surface area contributed by atoms with E-state index in [-0.39, 0.29) is 18.0 Å². The second kappa shape index (κ2) is 7.63. The normalized spacial score (nSPS) is 11.1. The van der Waals surface area contributed by atoms with E-state index in [4.69, 9.17) is 0 Å². The number of rotatable bonds is 6. The number of amides is 1. The third-order valence-electron chi connectivity index (χ3n) is 4.44. The van der Waals surface area contributed by atoms with Crippen molar-refractivity contribution in [2.24, 2.45) is 14.1 Å². The van der Waals surface area contributed by atoms with Crippen LogP contribution in [0.15, 0.2) is 47.5 Å². The Balaban J connectivity index is 1.74. The van der Waals surface area contributed by atoms with Crippen molar-refractivity contribution in [3.05, 3.63) is 64.3 Å². The van der Waals surface area contributed by atoms with Crippen LogP contribution in [0.25, 0.3) is 5.69 Å². The molecule has 0 fully saturated rings. The summed E-state index contributed by atoms with van der Waals surface area (Å²) in [7, 11) is 5.51. The summed E-state index contributed by atoms with van der Waals surface area (Å²) in [6.07, 6.45) is 3.68. The Morgan fingerprint density at radius 2 is 1.93 bits per heavy atom. The summed E-state index contributed by atoms with van der Waals surface area (Å²) in [6, 6.07) is 9.35. The van der Waals surface area contributed by atoms with E-state index >= 15 is 0 Å². The monoisotopic (exact) mass is 368 g/mol. The van der Waals surface area contributed by atoms with E-state index in [2.05, 4.69) is 10.4 Å². The number of carbonyl (C=O) groups excluding carboxylic acids is 1. The number of nitrogens with zero attached hydrogens (tertiary/aromatic N) is 5. The van der Waals surface area contributed by atoms with Gasteiger partial charge >= 0.3 is 0 Å². The molecule has 3 aromatic rings. The zero-order valence-corrected chi connectivity index (χ0v) is 16.0.